The zero-order chi connectivity index (χ0) is 39.6. The van der Waals surface area contributed by atoms with Crippen LogP contribution in [-0.4, -0.2) is 52.6 Å². The summed E-state index contributed by atoms with van der Waals surface area (Å²) >= 11 is 7.65. The summed E-state index contributed by atoms with van der Waals surface area (Å²) in [5.41, 5.74) is 11.5. The number of benzene rings is 4. The lowest BCUT2D eigenvalue weighted by Crippen LogP contribution is -2.13. The van der Waals surface area contributed by atoms with Crippen molar-refractivity contribution >= 4 is 96.9 Å². The van der Waals surface area contributed by atoms with Crippen molar-refractivity contribution in [3.8, 4) is 23.0 Å². The molecule has 0 radical (unpaired) electrons. The van der Waals surface area contributed by atoms with Crippen molar-refractivity contribution in [1.82, 2.24) is 39.0 Å². The zero-order valence-corrected chi connectivity index (χ0v) is 36.3. The van der Waals surface area contributed by atoms with E-state index in [1.54, 1.807) is 18.1 Å². The van der Waals surface area contributed by atoms with Crippen LogP contribution in [0.2, 0.25) is 0 Å². The first-order valence-corrected chi connectivity index (χ1v) is 21.7. The average molecular weight is 1030 g/mol. The van der Waals surface area contributed by atoms with Crippen LogP contribution in [0.1, 0.15) is 11.1 Å². The molecule has 6 heterocycles. The SMILES string of the molecule is N=c1ncn(CCc2ccccc2)c2nc(Sc3cc4c(cc3I)OCO4)[nH]c12.Nc1ncnc2c1nc(Sc1cc3c(cc1I)OCO3)n2CCc1ccccc1. The molecule has 14 nitrogen and oxygen atoms in total. The van der Waals surface area contributed by atoms with E-state index in [2.05, 4.69) is 94.0 Å². The Morgan fingerprint density at radius 3 is 1.93 bits per heavy atom. The van der Waals surface area contributed by atoms with Crippen LogP contribution in [0.3, 0.4) is 0 Å². The normalized spacial score (nSPS) is 12.6. The number of hydrogen-bond donors (Lipinski definition) is 3. The number of aromatic amines is 1. The molecule has 2 aliphatic heterocycles. The van der Waals surface area contributed by atoms with E-state index in [1.807, 2.05) is 65.2 Å². The minimum absolute atomic E-state index is 0.190. The molecule has 0 atom stereocenters. The molecule has 2 aliphatic rings. The third kappa shape index (κ3) is 8.27. The van der Waals surface area contributed by atoms with Gasteiger partial charge in [-0.1, -0.05) is 84.2 Å². The van der Waals surface area contributed by atoms with Crippen LogP contribution in [0, 0.1) is 12.5 Å². The molecule has 4 aromatic heterocycles. The van der Waals surface area contributed by atoms with E-state index in [-0.39, 0.29) is 19.1 Å². The maximum Gasteiger partial charge on any atom is 0.231 e. The van der Waals surface area contributed by atoms with E-state index in [1.165, 1.54) is 29.2 Å². The van der Waals surface area contributed by atoms with Crippen LogP contribution >= 0.6 is 68.7 Å². The lowest BCUT2D eigenvalue weighted by atomic mass is 10.1. The first-order valence-electron chi connectivity index (χ1n) is 17.9. The van der Waals surface area contributed by atoms with Crippen molar-refractivity contribution in [1.29, 1.82) is 5.41 Å². The highest BCUT2D eigenvalue weighted by Crippen LogP contribution is 2.42. The number of H-pyrrole nitrogens is 1. The Bertz CT molecular complexity index is 2840. The number of nitrogen functional groups attached to an aromatic ring is 1. The number of halogens is 2. The summed E-state index contributed by atoms with van der Waals surface area (Å²) in [5.74, 6) is 3.41. The second-order valence-electron chi connectivity index (χ2n) is 13.0. The molecule has 0 aliphatic carbocycles. The van der Waals surface area contributed by atoms with Crippen molar-refractivity contribution in [2.75, 3.05) is 19.3 Å². The van der Waals surface area contributed by atoms with Gasteiger partial charge in [-0.05, 0) is 93.4 Å². The van der Waals surface area contributed by atoms with Crippen molar-refractivity contribution < 1.29 is 18.9 Å². The minimum Gasteiger partial charge on any atom is -0.454 e. The molecular weight excluding hydrogens is 1000 g/mol. The monoisotopic (exact) mass is 1030 g/mol. The van der Waals surface area contributed by atoms with E-state index in [9.17, 15) is 0 Å². The van der Waals surface area contributed by atoms with Gasteiger partial charge in [-0.2, -0.15) is 0 Å². The molecule has 0 unspecified atom stereocenters. The van der Waals surface area contributed by atoms with Gasteiger partial charge in [0.05, 0.1) is 6.33 Å². The molecule has 0 saturated heterocycles. The Morgan fingerprint density at radius 2 is 1.29 bits per heavy atom. The summed E-state index contributed by atoms with van der Waals surface area (Å²) < 4.78 is 28.1. The lowest BCUT2D eigenvalue weighted by Gasteiger charge is -2.10. The Kier molecular flexibility index (Phi) is 11.3. The molecule has 0 fully saturated rings. The third-order valence-electron chi connectivity index (χ3n) is 9.24. The van der Waals surface area contributed by atoms with Gasteiger partial charge in [-0.3, -0.25) is 5.41 Å². The summed E-state index contributed by atoms with van der Waals surface area (Å²) in [6, 6.07) is 28.6. The highest BCUT2D eigenvalue weighted by Gasteiger charge is 2.22. The van der Waals surface area contributed by atoms with Gasteiger partial charge < -0.3 is 38.8 Å². The molecule has 292 valence electrons. The van der Waals surface area contributed by atoms with Crippen LogP contribution in [0.25, 0.3) is 22.3 Å². The maximum atomic E-state index is 8.15. The number of imidazole rings is 2. The topological polar surface area (TPSA) is 177 Å². The first-order chi connectivity index (χ1) is 28.4. The standard InChI is InChI=1S/2C20H16IN5O2S/c21-13-8-14-15(28-11-27-14)9-16(13)29-20-24-17-18(22)23-10-26(19(17)25-20)7-6-12-4-2-1-3-5-12;21-13-8-14-15(28-11-27-14)9-16(13)29-20-25-17-18(22)23-10-24-19(17)26(20)7-6-12-4-2-1-3-5-12/h1-5,8-10,22H,6-7,11H2,(H,24,25);1-5,8-10H,6-7,11H2,(H2,22,23,24). The van der Waals surface area contributed by atoms with Crippen LogP contribution in [0.15, 0.2) is 118 Å². The number of fused-ring (bicyclic) bond motifs is 4. The molecule has 18 heteroatoms. The van der Waals surface area contributed by atoms with E-state index in [0.29, 0.717) is 22.0 Å². The smallest absolute Gasteiger partial charge is 0.231 e. The second-order valence-corrected chi connectivity index (χ2v) is 17.3. The number of anilines is 1. The molecule has 58 heavy (non-hydrogen) atoms. The largest absolute Gasteiger partial charge is 0.454 e. The highest BCUT2D eigenvalue weighted by molar-refractivity contribution is 14.1. The van der Waals surface area contributed by atoms with Gasteiger partial charge in [0.25, 0.3) is 0 Å². The Labute approximate surface area is 367 Å². The van der Waals surface area contributed by atoms with Gasteiger partial charge in [0, 0.05) is 30.0 Å². The molecule has 0 spiro atoms. The van der Waals surface area contributed by atoms with E-state index in [4.69, 9.17) is 40.1 Å². The van der Waals surface area contributed by atoms with Crippen molar-refractivity contribution in [3.05, 3.63) is 121 Å². The number of nitrogens with two attached hydrogens (primary N) is 1. The molecule has 10 rings (SSSR count). The van der Waals surface area contributed by atoms with Crippen molar-refractivity contribution in [2.24, 2.45) is 0 Å². The van der Waals surface area contributed by atoms with E-state index >= 15 is 0 Å². The van der Waals surface area contributed by atoms with Gasteiger partial charge in [-0.15, -0.1) is 0 Å². The minimum atomic E-state index is 0.190. The van der Waals surface area contributed by atoms with Crippen LogP contribution < -0.4 is 30.2 Å². The summed E-state index contributed by atoms with van der Waals surface area (Å²) in [6.45, 7) is 1.98. The molecule has 4 N–H and O–H groups in total. The molecule has 0 saturated carbocycles. The number of nitrogens with zero attached hydrogens (tertiary/aromatic N) is 7. The molecule has 4 aromatic carbocycles. The fourth-order valence-corrected chi connectivity index (χ4v) is 9.62. The maximum absolute atomic E-state index is 8.15. The predicted octanol–water partition coefficient (Wildman–Crippen LogP) is 8.10. The van der Waals surface area contributed by atoms with Gasteiger partial charge in [0.1, 0.15) is 11.8 Å². The highest BCUT2D eigenvalue weighted by atomic mass is 127. The van der Waals surface area contributed by atoms with E-state index < -0.39 is 0 Å². The number of rotatable bonds is 10. The molecule has 0 amide bonds. The summed E-state index contributed by atoms with van der Waals surface area (Å²) in [7, 11) is 0. The van der Waals surface area contributed by atoms with Crippen LogP contribution in [-0.2, 0) is 25.9 Å². The summed E-state index contributed by atoms with van der Waals surface area (Å²) in [4.78, 5) is 27.6. The second kappa shape index (κ2) is 17.0. The van der Waals surface area contributed by atoms with Crippen LogP contribution in [0.4, 0.5) is 5.82 Å². The fraction of sp³-hybridized carbons (Fsp3) is 0.150. The van der Waals surface area contributed by atoms with Crippen LogP contribution in [0.5, 0.6) is 23.0 Å². The van der Waals surface area contributed by atoms with Crippen molar-refractivity contribution in [3.63, 3.8) is 0 Å². The predicted molar refractivity (Wildman–Crippen MR) is 237 cm³/mol. The van der Waals surface area contributed by atoms with Gasteiger partial charge in [-0.25, -0.2) is 24.9 Å². The fourth-order valence-electron chi connectivity index (χ4n) is 6.32. The lowest BCUT2D eigenvalue weighted by molar-refractivity contribution is 0.173. The number of nitrogens with one attached hydrogen (secondary N) is 2. The first kappa shape index (κ1) is 38.5. The number of aryl methyl sites for hydroxylation is 4. The third-order valence-corrected chi connectivity index (χ3v) is 13.7. The summed E-state index contributed by atoms with van der Waals surface area (Å²) in [6.07, 6.45) is 4.90. The Balaban J connectivity index is 0.000000150. The molecular formula is C40H32I2N10O4S2. The van der Waals surface area contributed by atoms with Gasteiger partial charge in [0.15, 0.2) is 61.4 Å². The number of hydrogen-bond acceptors (Lipinski definition) is 13. The number of aromatic nitrogens is 8. The van der Waals surface area contributed by atoms with Crippen molar-refractivity contribution in [2.45, 2.75) is 46.0 Å². The Morgan fingerprint density at radius 1 is 0.707 bits per heavy atom. The number of ether oxygens (including phenoxy) is 4. The molecule has 0 bridgehead atoms. The molecule has 8 aromatic rings. The summed E-state index contributed by atoms with van der Waals surface area (Å²) in [5, 5.41) is 9.68. The van der Waals surface area contributed by atoms with E-state index in [0.717, 1.165) is 82.3 Å². The Hall–Kier alpha value is -5.06. The van der Waals surface area contributed by atoms with Gasteiger partial charge >= 0.3 is 0 Å². The average Bonchev–Trinajstić information content (AvgIpc) is 4.05. The van der Waals surface area contributed by atoms with Gasteiger partial charge in [0.2, 0.25) is 13.6 Å². The zero-order valence-electron chi connectivity index (χ0n) is 30.4. The quantitative estimate of drug-likeness (QED) is 0.112.